The molecule has 1 amide bonds. The zero-order chi connectivity index (χ0) is 20.5. The molecule has 0 saturated heterocycles. The third-order valence-corrected chi connectivity index (χ3v) is 5.14. The van der Waals surface area contributed by atoms with Gasteiger partial charge in [0.15, 0.2) is 5.96 Å². The van der Waals surface area contributed by atoms with Crippen LogP contribution in [0.25, 0.3) is 0 Å². The first kappa shape index (κ1) is 24.1. The molecule has 2 aromatic rings. The zero-order valence-corrected chi connectivity index (χ0v) is 19.7. The number of aliphatic imine (C=N–C) groups is 1. The van der Waals surface area contributed by atoms with E-state index in [2.05, 4.69) is 21.7 Å². The van der Waals surface area contributed by atoms with Gasteiger partial charge in [-0.2, -0.15) is 0 Å². The number of nitrogens with zero attached hydrogens (tertiary/aromatic N) is 2. The van der Waals surface area contributed by atoms with Gasteiger partial charge in [-0.1, -0.05) is 48.5 Å². The van der Waals surface area contributed by atoms with Gasteiger partial charge in [-0.05, 0) is 37.0 Å². The van der Waals surface area contributed by atoms with Crippen LogP contribution in [0.2, 0.25) is 0 Å². The summed E-state index contributed by atoms with van der Waals surface area (Å²) in [4.78, 5) is 19.1. The van der Waals surface area contributed by atoms with Gasteiger partial charge in [-0.3, -0.25) is 4.79 Å². The number of aliphatic hydroxyl groups excluding tert-OH is 1. The van der Waals surface area contributed by atoms with E-state index in [1.165, 1.54) is 5.56 Å². The van der Waals surface area contributed by atoms with E-state index in [9.17, 15) is 9.90 Å². The highest BCUT2D eigenvalue weighted by Gasteiger charge is 2.21. The summed E-state index contributed by atoms with van der Waals surface area (Å²) in [6, 6.07) is 18.0. The van der Waals surface area contributed by atoms with Gasteiger partial charge in [0.05, 0.1) is 6.61 Å². The van der Waals surface area contributed by atoms with Gasteiger partial charge in [0.25, 0.3) is 0 Å². The Hall–Kier alpha value is -2.13. The smallest absolute Gasteiger partial charge is 0.248 e. The molecule has 7 heteroatoms. The number of aryl methyl sites for hydroxylation is 1. The van der Waals surface area contributed by atoms with Crippen molar-refractivity contribution in [3.05, 3.63) is 65.7 Å². The quantitative estimate of drug-likeness (QED) is 0.297. The second-order valence-electron chi connectivity index (χ2n) is 7.14. The number of amides is 1. The average molecular weight is 522 g/mol. The summed E-state index contributed by atoms with van der Waals surface area (Å²) in [6.45, 7) is 4.07. The summed E-state index contributed by atoms with van der Waals surface area (Å²) in [5.74, 6) is 0.543. The van der Waals surface area contributed by atoms with Crippen molar-refractivity contribution in [2.45, 2.75) is 25.7 Å². The molecule has 3 rings (SSSR count). The summed E-state index contributed by atoms with van der Waals surface area (Å²) < 4.78 is 0. The number of para-hydroxylation sites is 1. The van der Waals surface area contributed by atoms with Crippen molar-refractivity contribution < 1.29 is 9.90 Å². The molecule has 1 heterocycles. The van der Waals surface area contributed by atoms with E-state index in [1.807, 2.05) is 60.4 Å². The van der Waals surface area contributed by atoms with Crippen LogP contribution in [0.15, 0.2) is 59.6 Å². The molecule has 6 nitrogen and oxygen atoms in total. The van der Waals surface area contributed by atoms with Gasteiger partial charge in [0.1, 0.15) is 6.54 Å². The Bertz CT molecular complexity index is 829. The number of carbonyl (C=O) groups excluding carboxylic acids is 1. The zero-order valence-electron chi connectivity index (χ0n) is 17.4. The minimum Gasteiger partial charge on any atom is -0.396 e. The van der Waals surface area contributed by atoms with E-state index >= 15 is 0 Å². The van der Waals surface area contributed by atoms with Gasteiger partial charge in [-0.15, -0.1) is 24.0 Å². The predicted molar refractivity (Wildman–Crippen MR) is 133 cm³/mol. The van der Waals surface area contributed by atoms with E-state index in [-0.39, 0.29) is 49.0 Å². The van der Waals surface area contributed by atoms with Crippen molar-refractivity contribution in [1.82, 2.24) is 10.6 Å². The highest BCUT2D eigenvalue weighted by Crippen LogP contribution is 2.26. The maximum Gasteiger partial charge on any atom is 0.248 e. The molecular formula is C23H31IN4O2. The maximum atomic E-state index is 12.8. The number of hydrogen-bond acceptors (Lipinski definition) is 3. The van der Waals surface area contributed by atoms with Gasteiger partial charge >= 0.3 is 0 Å². The van der Waals surface area contributed by atoms with Crippen molar-refractivity contribution in [3.8, 4) is 0 Å². The Morgan fingerprint density at radius 2 is 1.87 bits per heavy atom. The fraction of sp³-hybridized carbons (Fsp3) is 0.391. The third kappa shape index (κ3) is 6.43. The summed E-state index contributed by atoms with van der Waals surface area (Å²) in [6.07, 6.45) is 1.98. The Morgan fingerprint density at radius 1 is 1.13 bits per heavy atom. The number of anilines is 1. The molecule has 0 bridgehead atoms. The minimum absolute atomic E-state index is 0. The van der Waals surface area contributed by atoms with Crippen LogP contribution in [0, 0.1) is 0 Å². The minimum atomic E-state index is -0.0373. The highest BCUT2D eigenvalue weighted by atomic mass is 127. The van der Waals surface area contributed by atoms with Gasteiger partial charge in [-0.25, -0.2) is 4.99 Å². The van der Waals surface area contributed by atoms with E-state index in [0.29, 0.717) is 19.0 Å². The summed E-state index contributed by atoms with van der Waals surface area (Å²) in [7, 11) is 0. The fourth-order valence-electron chi connectivity index (χ4n) is 3.60. The molecule has 0 spiro atoms. The van der Waals surface area contributed by atoms with Crippen LogP contribution in [0.5, 0.6) is 0 Å². The van der Waals surface area contributed by atoms with Crippen LogP contribution in [-0.2, 0) is 11.2 Å². The van der Waals surface area contributed by atoms with Crippen molar-refractivity contribution in [2.24, 2.45) is 4.99 Å². The Kier molecular flexibility index (Phi) is 10.1. The molecule has 0 aromatic heterocycles. The summed E-state index contributed by atoms with van der Waals surface area (Å²) >= 11 is 0. The Morgan fingerprint density at radius 3 is 2.60 bits per heavy atom. The van der Waals surface area contributed by atoms with E-state index in [0.717, 1.165) is 30.6 Å². The molecule has 1 atom stereocenters. The first-order chi connectivity index (χ1) is 14.2. The van der Waals surface area contributed by atoms with Crippen molar-refractivity contribution in [2.75, 3.05) is 37.7 Å². The molecule has 0 saturated carbocycles. The maximum absolute atomic E-state index is 12.8. The van der Waals surface area contributed by atoms with Gasteiger partial charge in [0, 0.05) is 31.2 Å². The first-order valence-corrected chi connectivity index (χ1v) is 10.3. The molecular weight excluding hydrogens is 491 g/mol. The van der Waals surface area contributed by atoms with Crippen LogP contribution in [0.3, 0.4) is 0 Å². The van der Waals surface area contributed by atoms with Crippen LogP contribution in [0.1, 0.15) is 30.4 Å². The number of benzene rings is 2. The molecule has 30 heavy (non-hydrogen) atoms. The van der Waals surface area contributed by atoms with E-state index in [4.69, 9.17) is 0 Å². The van der Waals surface area contributed by atoms with E-state index < -0.39 is 0 Å². The lowest BCUT2D eigenvalue weighted by molar-refractivity contribution is -0.117. The monoisotopic (exact) mass is 522 g/mol. The normalized spacial score (nSPS) is 14.3. The second kappa shape index (κ2) is 12.5. The first-order valence-electron chi connectivity index (χ1n) is 10.3. The molecule has 2 aromatic carbocycles. The van der Waals surface area contributed by atoms with Crippen LogP contribution in [-0.4, -0.2) is 49.8 Å². The van der Waals surface area contributed by atoms with E-state index in [1.54, 1.807) is 0 Å². The largest absolute Gasteiger partial charge is 0.396 e. The number of aliphatic hydroxyl groups is 1. The Balaban J connectivity index is 0.00000320. The molecule has 1 unspecified atom stereocenters. The SMILES string of the molecule is CCNC(=NCC(=O)N1CCCc2ccccc21)NCC(CO)c1ccccc1.I. The highest BCUT2D eigenvalue weighted by molar-refractivity contribution is 14.0. The van der Waals surface area contributed by atoms with Crippen LogP contribution < -0.4 is 15.5 Å². The van der Waals surface area contributed by atoms with Crippen molar-refractivity contribution in [3.63, 3.8) is 0 Å². The molecule has 0 fully saturated rings. The van der Waals surface area contributed by atoms with Crippen molar-refractivity contribution in [1.29, 1.82) is 0 Å². The number of carbonyl (C=O) groups is 1. The molecule has 3 N–H and O–H groups in total. The number of rotatable bonds is 7. The molecule has 0 aliphatic carbocycles. The molecule has 1 aliphatic rings. The lowest BCUT2D eigenvalue weighted by atomic mass is 10.0. The van der Waals surface area contributed by atoms with Gasteiger partial charge in [0.2, 0.25) is 5.91 Å². The summed E-state index contributed by atoms with van der Waals surface area (Å²) in [5, 5.41) is 16.2. The number of guanidine groups is 1. The van der Waals surface area contributed by atoms with Crippen molar-refractivity contribution >= 4 is 41.5 Å². The topological polar surface area (TPSA) is 77.0 Å². The second-order valence-corrected chi connectivity index (χ2v) is 7.14. The molecule has 1 aliphatic heterocycles. The molecule has 0 radical (unpaired) electrons. The number of halogens is 1. The average Bonchev–Trinajstić information content (AvgIpc) is 2.78. The predicted octanol–water partition coefficient (Wildman–Crippen LogP) is 2.92. The molecule has 162 valence electrons. The number of nitrogens with one attached hydrogen (secondary N) is 2. The van der Waals surface area contributed by atoms with Crippen LogP contribution >= 0.6 is 24.0 Å². The third-order valence-electron chi connectivity index (χ3n) is 5.14. The lowest BCUT2D eigenvalue weighted by Gasteiger charge is -2.29. The number of hydrogen-bond donors (Lipinski definition) is 3. The van der Waals surface area contributed by atoms with Crippen LogP contribution in [0.4, 0.5) is 5.69 Å². The fourth-order valence-corrected chi connectivity index (χ4v) is 3.60. The lowest BCUT2D eigenvalue weighted by Crippen LogP contribution is -2.42. The Labute approximate surface area is 195 Å². The standard InChI is InChI=1S/C23H30N4O2.HI/c1-2-24-23(25-15-20(17-28)18-9-4-3-5-10-18)26-16-22(29)27-14-8-12-19-11-6-7-13-21(19)27;/h3-7,9-11,13,20,28H,2,8,12,14-17H2,1H3,(H2,24,25,26);1H. The summed E-state index contributed by atoms with van der Waals surface area (Å²) in [5.41, 5.74) is 3.29. The van der Waals surface area contributed by atoms with Gasteiger partial charge < -0.3 is 20.6 Å². The number of fused-ring (bicyclic) bond motifs is 1.